The minimum atomic E-state index is -0.182. The van der Waals surface area contributed by atoms with E-state index < -0.39 is 0 Å². The number of nitrogens with one attached hydrogen (secondary N) is 3. The number of hydrogen-bond acceptors (Lipinski definition) is 4. The molecule has 0 aliphatic heterocycles. The van der Waals surface area contributed by atoms with Crippen LogP contribution in [0.2, 0.25) is 0 Å². The maximum atomic E-state index is 12.4. The van der Waals surface area contributed by atoms with Crippen molar-refractivity contribution in [2.24, 2.45) is 0 Å². The molecular formula is C20H18N6O. The van der Waals surface area contributed by atoms with Gasteiger partial charge in [0.2, 0.25) is 0 Å². The van der Waals surface area contributed by atoms with Crippen molar-refractivity contribution < 1.29 is 4.79 Å². The molecule has 7 nitrogen and oxygen atoms in total. The van der Waals surface area contributed by atoms with E-state index in [1.165, 1.54) is 0 Å². The zero-order chi connectivity index (χ0) is 18.6. The molecule has 0 radical (unpaired) electrons. The molecule has 0 saturated carbocycles. The fraction of sp³-hybridized carbons (Fsp3) is 0.100. The van der Waals surface area contributed by atoms with Crippen LogP contribution in [0.1, 0.15) is 21.6 Å². The van der Waals surface area contributed by atoms with Crippen molar-refractivity contribution in [2.75, 3.05) is 0 Å². The van der Waals surface area contributed by atoms with Gasteiger partial charge in [0.05, 0.1) is 0 Å². The molecule has 1 amide bonds. The molecule has 0 aliphatic rings. The number of amides is 1. The molecule has 0 bridgehead atoms. The molecule has 3 aromatic heterocycles. The first-order valence-corrected chi connectivity index (χ1v) is 8.54. The summed E-state index contributed by atoms with van der Waals surface area (Å²) in [7, 11) is 0. The topological polar surface area (TPSA) is 99.4 Å². The Bertz CT molecular complexity index is 1070. The number of aromatic nitrogens is 5. The summed E-state index contributed by atoms with van der Waals surface area (Å²) in [6, 6.07) is 13.6. The summed E-state index contributed by atoms with van der Waals surface area (Å²) < 4.78 is 0. The standard InChI is InChI=1S/C20H18N6O/c1-13-3-2-4-15(9-13)18-19(25-26-24-18)16-10-17(22-12-16)20(27)23-11-14-5-7-21-8-6-14/h2-10,12,22H,11H2,1H3,(H,23,27)(H,24,25,26). The molecule has 4 aromatic rings. The average Bonchev–Trinajstić information content (AvgIpc) is 3.36. The van der Waals surface area contributed by atoms with Crippen molar-refractivity contribution in [3.8, 4) is 22.5 Å². The van der Waals surface area contributed by atoms with Crippen LogP contribution in [0.25, 0.3) is 22.5 Å². The number of aromatic amines is 2. The van der Waals surface area contributed by atoms with E-state index >= 15 is 0 Å². The van der Waals surface area contributed by atoms with Crippen molar-refractivity contribution in [3.05, 3.63) is 77.9 Å². The van der Waals surface area contributed by atoms with Gasteiger partial charge in [-0.25, -0.2) is 0 Å². The van der Waals surface area contributed by atoms with Gasteiger partial charge in [-0.05, 0) is 36.8 Å². The smallest absolute Gasteiger partial charge is 0.267 e. The molecule has 4 rings (SSSR count). The predicted octanol–water partition coefficient (Wildman–Crippen LogP) is 3.10. The van der Waals surface area contributed by atoms with Crippen LogP contribution in [0.4, 0.5) is 0 Å². The number of benzene rings is 1. The van der Waals surface area contributed by atoms with Gasteiger partial charge in [0.15, 0.2) is 0 Å². The number of aryl methyl sites for hydroxylation is 1. The molecule has 134 valence electrons. The van der Waals surface area contributed by atoms with E-state index in [1.54, 1.807) is 24.7 Å². The number of nitrogens with zero attached hydrogens (tertiary/aromatic N) is 3. The molecule has 0 spiro atoms. The molecular weight excluding hydrogens is 340 g/mol. The average molecular weight is 358 g/mol. The fourth-order valence-corrected chi connectivity index (χ4v) is 2.87. The van der Waals surface area contributed by atoms with E-state index in [1.807, 2.05) is 37.3 Å². The number of hydrogen-bond donors (Lipinski definition) is 3. The van der Waals surface area contributed by atoms with E-state index in [2.05, 4.69) is 36.8 Å². The Hall–Kier alpha value is -3.74. The van der Waals surface area contributed by atoms with Crippen LogP contribution in [0, 0.1) is 6.92 Å². The van der Waals surface area contributed by atoms with E-state index in [9.17, 15) is 4.79 Å². The number of carbonyl (C=O) groups excluding carboxylic acids is 1. The van der Waals surface area contributed by atoms with Gasteiger partial charge in [0.1, 0.15) is 17.1 Å². The summed E-state index contributed by atoms with van der Waals surface area (Å²) >= 11 is 0. The number of carbonyl (C=O) groups is 1. The predicted molar refractivity (Wildman–Crippen MR) is 102 cm³/mol. The highest BCUT2D eigenvalue weighted by Gasteiger charge is 2.16. The van der Waals surface area contributed by atoms with Gasteiger partial charge in [-0.2, -0.15) is 15.4 Å². The van der Waals surface area contributed by atoms with E-state index in [-0.39, 0.29) is 5.91 Å². The number of pyridine rings is 1. The lowest BCUT2D eigenvalue weighted by atomic mass is 10.0. The van der Waals surface area contributed by atoms with Gasteiger partial charge in [-0.3, -0.25) is 9.78 Å². The van der Waals surface area contributed by atoms with Crippen molar-refractivity contribution >= 4 is 5.91 Å². The van der Waals surface area contributed by atoms with Crippen LogP contribution < -0.4 is 5.32 Å². The third-order valence-electron chi connectivity index (χ3n) is 4.24. The molecule has 7 heteroatoms. The molecule has 0 atom stereocenters. The monoisotopic (exact) mass is 358 g/mol. The van der Waals surface area contributed by atoms with Gasteiger partial charge in [0.25, 0.3) is 5.91 Å². The quantitative estimate of drug-likeness (QED) is 0.510. The second kappa shape index (κ2) is 7.25. The molecule has 0 aliphatic carbocycles. The summed E-state index contributed by atoms with van der Waals surface area (Å²) in [5.41, 5.74) is 5.83. The number of rotatable bonds is 5. The van der Waals surface area contributed by atoms with Crippen molar-refractivity contribution in [3.63, 3.8) is 0 Å². The van der Waals surface area contributed by atoms with Crippen LogP contribution in [-0.2, 0) is 6.54 Å². The van der Waals surface area contributed by atoms with E-state index in [0.717, 1.165) is 27.9 Å². The van der Waals surface area contributed by atoms with Crippen LogP contribution in [0.15, 0.2) is 61.1 Å². The second-order valence-electron chi connectivity index (χ2n) is 6.23. The lowest BCUT2D eigenvalue weighted by Gasteiger charge is -2.03. The van der Waals surface area contributed by atoms with Gasteiger partial charge in [0, 0.05) is 36.3 Å². The number of H-pyrrole nitrogens is 2. The molecule has 1 aromatic carbocycles. The first-order valence-electron chi connectivity index (χ1n) is 8.54. The minimum Gasteiger partial charge on any atom is -0.357 e. The van der Waals surface area contributed by atoms with Gasteiger partial charge < -0.3 is 10.3 Å². The maximum Gasteiger partial charge on any atom is 0.267 e. The second-order valence-corrected chi connectivity index (χ2v) is 6.23. The molecule has 0 saturated heterocycles. The summed E-state index contributed by atoms with van der Waals surface area (Å²) in [5.74, 6) is -0.182. The van der Waals surface area contributed by atoms with Gasteiger partial charge >= 0.3 is 0 Å². The van der Waals surface area contributed by atoms with Crippen molar-refractivity contribution in [1.29, 1.82) is 0 Å². The highest BCUT2D eigenvalue weighted by molar-refractivity contribution is 5.94. The Morgan fingerprint density at radius 3 is 2.59 bits per heavy atom. The summed E-state index contributed by atoms with van der Waals surface area (Å²) in [6.45, 7) is 2.47. The van der Waals surface area contributed by atoms with Crippen molar-refractivity contribution in [1.82, 2.24) is 30.7 Å². The van der Waals surface area contributed by atoms with Gasteiger partial charge in [-0.15, -0.1) is 0 Å². The van der Waals surface area contributed by atoms with Crippen LogP contribution in [-0.4, -0.2) is 31.3 Å². The zero-order valence-corrected chi connectivity index (χ0v) is 14.7. The first kappa shape index (κ1) is 16.7. The Kier molecular flexibility index (Phi) is 4.49. The van der Waals surface area contributed by atoms with Gasteiger partial charge in [-0.1, -0.05) is 23.8 Å². The van der Waals surface area contributed by atoms with Crippen LogP contribution >= 0.6 is 0 Å². The molecule has 27 heavy (non-hydrogen) atoms. The Morgan fingerprint density at radius 1 is 1.04 bits per heavy atom. The van der Waals surface area contributed by atoms with Crippen molar-refractivity contribution in [2.45, 2.75) is 13.5 Å². The first-order chi connectivity index (χ1) is 13.2. The van der Waals surface area contributed by atoms with E-state index in [0.29, 0.717) is 17.9 Å². The van der Waals surface area contributed by atoms with Crippen LogP contribution in [0.3, 0.4) is 0 Å². The largest absolute Gasteiger partial charge is 0.357 e. The SMILES string of the molecule is Cc1cccc(-c2n[nH]nc2-c2c[nH]c(C(=O)NCc3ccncc3)c2)c1. The maximum absolute atomic E-state index is 12.4. The third-order valence-corrected chi connectivity index (χ3v) is 4.24. The van der Waals surface area contributed by atoms with Crippen LogP contribution in [0.5, 0.6) is 0 Å². The Balaban J connectivity index is 1.53. The summed E-state index contributed by atoms with van der Waals surface area (Å²) in [6.07, 6.45) is 5.16. The summed E-state index contributed by atoms with van der Waals surface area (Å²) in [4.78, 5) is 19.4. The van der Waals surface area contributed by atoms with E-state index in [4.69, 9.17) is 0 Å². The normalized spacial score (nSPS) is 10.7. The molecule has 3 heterocycles. The highest BCUT2D eigenvalue weighted by Crippen LogP contribution is 2.29. The molecule has 0 unspecified atom stereocenters. The fourth-order valence-electron chi connectivity index (χ4n) is 2.87. The Labute approximate surface area is 155 Å². The lowest BCUT2D eigenvalue weighted by Crippen LogP contribution is -2.22. The third kappa shape index (κ3) is 3.62. The Morgan fingerprint density at radius 2 is 1.81 bits per heavy atom. The minimum absolute atomic E-state index is 0.182. The summed E-state index contributed by atoms with van der Waals surface area (Å²) in [5, 5.41) is 14.1. The highest BCUT2D eigenvalue weighted by atomic mass is 16.1. The zero-order valence-electron chi connectivity index (χ0n) is 14.7. The molecule has 0 fully saturated rings. The lowest BCUT2D eigenvalue weighted by molar-refractivity contribution is 0.0946. The molecule has 3 N–H and O–H groups in total.